The van der Waals surface area contributed by atoms with E-state index in [-0.39, 0.29) is 17.3 Å². The molecule has 1 heterocycles. The molecule has 8 heteroatoms. The largest absolute Gasteiger partial charge is 0.497 e. The van der Waals surface area contributed by atoms with Crippen LogP contribution in [0.15, 0.2) is 88.4 Å². The number of ether oxygens (including phenoxy) is 1. The predicted octanol–water partition coefficient (Wildman–Crippen LogP) is 4.19. The zero-order valence-electron chi connectivity index (χ0n) is 18.3. The number of sulfonamides is 1. The monoisotopic (exact) mass is 464 g/mol. The van der Waals surface area contributed by atoms with Crippen molar-refractivity contribution in [3.8, 4) is 5.75 Å². The SMILES string of the molecule is COc1ccc2cc(CN(C)C(=O)c3ccc(S(=O)(=O)NCc4ccco4)cc3)ccc2c1. The van der Waals surface area contributed by atoms with Crippen molar-refractivity contribution in [3.05, 3.63) is 95.9 Å². The summed E-state index contributed by atoms with van der Waals surface area (Å²) in [7, 11) is -0.365. The van der Waals surface area contributed by atoms with Crippen LogP contribution in [0.4, 0.5) is 0 Å². The Morgan fingerprint density at radius 1 is 1.00 bits per heavy atom. The summed E-state index contributed by atoms with van der Waals surface area (Å²) >= 11 is 0. The Morgan fingerprint density at radius 3 is 2.42 bits per heavy atom. The molecule has 1 N–H and O–H groups in total. The Balaban J connectivity index is 1.42. The number of hydrogen-bond acceptors (Lipinski definition) is 5. The number of hydrogen-bond donors (Lipinski definition) is 1. The van der Waals surface area contributed by atoms with E-state index in [1.54, 1.807) is 31.2 Å². The van der Waals surface area contributed by atoms with Gasteiger partial charge in [0, 0.05) is 19.2 Å². The molecule has 0 aliphatic rings. The van der Waals surface area contributed by atoms with Gasteiger partial charge in [-0.15, -0.1) is 0 Å². The fourth-order valence-electron chi connectivity index (χ4n) is 3.50. The maximum Gasteiger partial charge on any atom is 0.253 e. The molecule has 0 saturated heterocycles. The molecule has 4 aromatic rings. The first-order valence-electron chi connectivity index (χ1n) is 10.3. The minimum Gasteiger partial charge on any atom is -0.497 e. The van der Waals surface area contributed by atoms with Crippen molar-refractivity contribution in [1.29, 1.82) is 0 Å². The maximum absolute atomic E-state index is 12.9. The third kappa shape index (κ3) is 5.24. The lowest BCUT2D eigenvalue weighted by Crippen LogP contribution is -2.26. The fourth-order valence-corrected chi connectivity index (χ4v) is 4.50. The van der Waals surface area contributed by atoms with E-state index in [1.165, 1.54) is 30.5 Å². The standard InChI is InChI=1S/C25H24N2O5S/c1-27(17-18-5-6-21-15-22(31-2)10-7-20(21)14-18)25(28)19-8-11-24(12-9-19)33(29,30)26-16-23-4-3-13-32-23/h3-15,26H,16-17H2,1-2H3. The van der Waals surface area contributed by atoms with Crippen molar-refractivity contribution in [2.24, 2.45) is 0 Å². The summed E-state index contributed by atoms with van der Waals surface area (Å²) in [4.78, 5) is 14.6. The van der Waals surface area contributed by atoms with Crippen LogP contribution in [0.3, 0.4) is 0 Å². The number of amides is 1. The molecule has 4 rings (SSSR count). The van der Waals surface area contributed by atoms with Crippen LogP contribution >= 0.6 is 0 Å². The van der Waals surface area contributed by atoms with Crippen molar-refractivity contribution < 1.29 is 22.4 Å². The van der Waals surface area contributed by atoms with Gasteiger partial charge in [-0.1, -0.05) is 18.2 Å². The molecule has 0 fully saturated rings. The molecule has 0 saturated carbocycles. The van der Waals surface area contributed by atoms with Gasteiger partial charge in [0.2, 0.25) is 10.0 Å². The van der Waals surface area contributed by atoms with Gasteiger partial charge in [-0.3, -0.25) is 4.79 Å². The van der Waals surface area contributed by atoms with Gasteiger partial charge in [0.1, 0.15) is 11.5 Å². The summed E-state index contributed by atoms with van der Waals surface area (Å²) in [5, 5.41) is 2.12. The van der Waals surface area contributed by atoms with Gasteiger partial charge in [-0.05, 0) is 70.9 Å². The normalized spacial score (nSPS) is 11.5. The molecule has 0 aliphatic heterocycles. The molecule has 1 aromatic heterocycles. The number of nitrogens with one attached hydrogen (secondary N) is 1. The molecule has 3 aromatic carbocycles. The lowest BCUT2D eigenvalue weighted by Gasteiger charge is -2.18. The van der Waals surface area contributed by atoms with Crippen LogP contribution < -0.4 is 9.46 Å². The van der Waals surface area contributed by atoms with Crippen molar-refractivity contribution in [2.75, 3.05) is 14.2 Å². The van der Waals surface area contributed by atoms with Gasteiger partial charge < -0.3 is 14.1 Å². The van der Waals surface area contributed by atoms with E-state index in [9.17, 15) is 13.2 Å². The van der Waals surface area contributed by atoms with Crippen LogP contribution in [0.2, 0.25) is 0 Å². The summed E-state index contributed by atoms with van der Waals surface area (Å²) in [6.07, 6.45) is 1.48. The molecule has 170 valence electrons. The second kappa shape index (κ2) is 9.48. The fraction of sp³-hybridized carbons (Fsp3) is 0.160. The minimum absolute atomic E-state index is 0.0529. The van der Waals surface area contributed by atoms with Gasteiger partial charge in [0.15, 0.2) is 0 Å². The van der Waals surface area contributed by atoms with Gasteiger partial charge >= 0.3 is 0 Å². The predicted molar refractivity (Wildman–Crippen MR) is 125 cm³/mol. The highest BCUT2D eigenvalue weighted by molar-refractivity contribution is 7.89. The summed E-state index contributed by atoms with van der Waals surface area (Å²) in [6.45, 7) is 0.475. The highest BCUT2D eigenvalue weighted by Gasteiger charge is 2.17. The highest BCUT2D eigenvalue weighted by atomic mass is 32.2. The molecule has 0 bridgehead atoms. The van der Waals surface area contributed by atoms with Gasteiger partial charge in [0.25, 0.3) is 5.91 Å². The summed E-state index contributed by atoms with van der Waals surface area (Å²) in [5.41, 5.74) is 1.40. The average molecular weight is 465 g/mol. The molecule has 33 heavy (non-hydrogen) atoms. The van der Waals surface area contributed by atoms with Crippen molar-refractivity contribution >= 4 is 26.7 Å². The third-order valence-corrected chi connectivity index (χ3v) is 6.72. The summed E-state index contributed by atoms with van der Waals surface area (Å²) in [6, 6.07) is 21.1. The quantitative estimate of drug-likeness (QED) is 0.422. The van der Waals surface area contributed by atoms with E-state index < -0.39 is 10.0 Å². The first-order chi connectivity index (χ1) is 15.9. The van der Waals surface area contributed by atoms with E-state index in [1.807, 2.05) is 36.4 Å². The number of carbonyl (C=O) groups excluding carboxylic acids is 1. The molecule has 1 amide bonds. The van der Waals surface area contributed by atoms with E-state index >= 15 is 0 Å². The molecule has 0 aliphatic carbocycles. The zero-order valence-corrected chi connectivity index (χ0v) is 19.1. The second-order valence-electron chi connectivity index (χ2n) is 7.64. The molecular formula is C25H24N2O5S. The summed E-state index contributed by atoms with van der Waals surface area (Å²) in [5.74, 6) is 1.11. The molecule has 0 spiro atoms. The van der Waals surface area contributed by atoms with E-state index in [0.717, 1.165) is 22.1 Å². The number of carbonyl (C=O) groups is 1. The van der Waals surface area contributed by atoms with E-state index in [0.29, 0.717) is 17.9 Å². The van der Waals surface area contributed by atoms with Crippen molar-refractivity contribution in [2.45, 2.75) is 18.0 Å². The number of furan rings is 1. The van der Waals surface area contributed by atoms with E-state index in [2.05, 4.69) is 4.72 Å². The Labute approximate surface area is 192 Å². The number of rotatable bonds is 8. The smallest absolute Gasteiger partial charge is 0.253 e. The molecule has 0 atom stereocenters. The Hall–Kier alpha value is -3.62. The molecule has 0 radical (unpaired) electrons. The lowest BCUT2D eigenvalue weighted by atomic mass is 10.1. The Morgan fingerprint density at radius 2 is 1.73 bits per heavy atom. The average Bonchev–Trinajstić information content (AvgIpc) is 3.36. The lowest BCUT2D eigenvalue weighted by molar-refractivity contribution is 0.0785. The highest BCUT2D eigenvalue weighted by Crippen LogP contribution is 2.23. The topological polar surface area (TPSA) is 88.8 Å². The third-order valence-electron chi connectivity index (χ3n) is 5.31. The minimum atomic E-state index is -3.72. The molecule has 0 unspecified atom stereocenters. The first-order valence-corrected chi connectivity index (χ1v) is 11.8. The number of fused-ring (bicyclic) bond motifs is 1. The van der Waals surface area contributed by atoms with E-state index in [4.69, 9.17) is 9.15 Å². The number of methoxy groups -OCH3 is 1. The molecule has 7 nitrogen and oxygen atoms in total. The van der Waals surface area contributed by atoms with Crippen LogP contribution in [-0.4, -0.2) is 33.4 Å². The Bertz CT molecular complexity index is 1360. The second-order valence-corrected chi connectivity index (χ2v) is 9.40. The van der Waals surface area contributed by atoms with Crippen LogP contribution in [0.1, 0.15) is 21.7 Å². The van der Waals surface area contributed by atoms with Gasteiger partial charge in [-0.25, -0.2) is 13.1 Å². The number of nitrogens with zero attached hydrogens (tertiary/aromatic N) is 1. The van der Waals surface area contributed by atoms with Crippen molar-refractivity contribution in [3.63, 3.8) is 0 Å². The zero-order chi connectivity index (χ0) is 23.4. The van der Waals surface area contributed by atoms with Crippen LogP contribution in [0.5, 0.6) is 5.75 Å². The molecular weight excluding hydrogens is 440 g/mol. The van der Waals surface area contributed by atoms with Crippen LogP contribution in [0.25, 0.3) is 10.8 Å². The van der Waals surface area contributed by atoms with Crippen molar-refractivity contribution in [1.82, 2.24) is 9.62 Å². The number of benzene rings is 3. The first kappa shape index (κ1) is 22.6. The summed E-state index contributed by atoms with van der Waals surface area (Å²) < 4.78 is 37.8. The Kier molecular flexibility index (Phi) is 6.48. The maximum atomic E-state index is 12.9. The van der Waals surface area contributed by atoms with Crippen LogP contribution in [0, 0.1) is 0 Å². The van der Waals surface area contributed by atoms with Gasteiger partial charge in [0.05, 0.1) is 24.8 Å². The van der Waals surface area contributed by atoms with Gasteiger partial charge in [-0.2, -0.15) is 0 Å². The van der Waals surface area contributed by atoms with Crippen LogP contribution in [-0.2, 0) is 23.1 Å².